The highest BCUT2D eigenvalue weighted by molar-refractivity contribution is 5.94. The quantitative estimate of drug-likeness (QED) is 0.719. The van der Waals surface area contributed by atoms with Gasteiger partial charge >= 0.3 is 0 Å². The first-order chi connectivity index (χ1) is 13.8. The summed E-state index contributed by atoms with van der Waals surface area (Å²) in [6.45, 7) is 3.41. The van der Waals surface area contributed by atoms with E-state index < -0.39 is 0 Å². The number of aliphatic hydroxyl groups is 1. The maximum atomic E-state index is 12.7. The minimum Gasteiger partial charge on any atom is -0.400 e. The molecule has 0 bridgehead atoms. The van der Waals surface area contributed by atoms with Gasteiger partial charge in [-0.15, -0.1) is 0 Å². The summed E-state index contributed by atoms with van der Waals surface area (Å²) in [5, 5.41) is 7.00. The van der Waals surface area contributed by atoms with Crippen LogP contribution >= 0.6 is 0 Å². The lowest BCUT2D eigenvalue weighted by Crippen LogP contribution is -2.49. The fourth-order valence-electron chi connectivity index (χ4n) is 3.82. The number of likely N-dealkylation sites (tertiary alicyclic amines) is 1. The third-order valence-corrected chi connectivity index (χ3v) is 5.26. The van der Waals surface area contributed by atoms with Gasteiger partial charge in [0.1, 0.15) is 0 Å². The Bertz CT molecular complexity index is 927. The fourth-order valence-corrected chi connectivity index (χ4v) is 3.82. The van der Waals surface area contributed by atoms with E-state index in [2.05, 4.69) is 24.8 Å². The molecule has 2 aromatic heterocycles. The lowest BCUT2D eigenvalue weighted by atomic mass is 9.95. The number of nitrogens with one attached hydrogen (secondary N) is 1. The van der Waals surface area contributed by atoms with Crippen LogP contribution in [0.3, 0.4) is 0 Å². The molecule has 2 aliphatic rings. The average Bonchev–Trinajstić information content (AvgIpc) is 3.38. The molecule has 2 saturated heterocycles. The maximum absolute atomic E-state index is 12.7. The number of aliphatic hydroxyl groups excluding tert-OH is 1. The number of aromatic nitrogens is 4. The van der Waals surface area contributed by atoms with Crippen molar-refractivity contribution in [2.45, 2.75) is 18.8 Å². The minimum absolute atomic E-state index is 0.0518. The molecular formula is C20H24N6O2. The van der Waals surface area contributed by atoms with Gasteiger partial charge < -0.3 is 19.9 Å². The number of nitrogens with zero attached hydrogens (tertiary/aromatic N) is 5. The highest BCUT2D eigenvalue weighted by Crippen LogP contribution is 2.33. The molecule has 28 heavy (non-hydrogen) atoms. The van der Waals surface area contributed by atoms with Gasteiger partial charge in [0.25, 0.3) is 5.91 Å². The standard InChI is InChI=1S/C19H20N6O.CH4O/c26-19(17-22-14-5-1-2-6-15(14)23-17)25-11-13(12-25)16-18(21-8-7-20-16)24-9-3-4-10-24;1-2/h1-2,5-8,13H,3-4,9-12H2,(H,22,23);2H,1H3. The van der Waals surface area contributed by atoms with E-state index in [1.165, 1.54) is 12.8 Å². The van der Waals surface area contributed by atoms with Gasteiger partial charge in [-0.25, -0.2) is 9.97 Å². The number of aromatic amines is 1. The molecule has 2 aliphatic heterocycles. The van der Waals surface area contributed by atoms with Crippen LogP contribution in [0.5, 0.6) is 0 Å². The lowest BCUT2D eigenvalue weighted by Gasteiger charge is -2.39. The molecule has 0 radical (unpaired) electrons. The topological polar surface area (TPSA) is 98.2 Å². The summed E-state index contributed by atoms with van der Waals surface area (Å²) in [6, 6.07) is 7.69. The number of hydrogen-bond donors (Lipinski definition) is 2. The van der Waals surface area contributed by atoms with Gasteiger partial charge in [-0.2, -0.15) is 0 Å². The molecule has 0 spiro atoms. The smallest absolute Gasteiger partial charge is 0.289 e. The zero-order valence-corrected chi connectivity index (χ0v) is 15.9. The first-order valence-corrected chi connectivity index (χ1v) is 9.54. The third kappa shape index (κ3) is 3.31. The second-order valence-corrected chi connectivity index (χ2v) is 6.97. The number of carbonyl (C=O) groups is 1. The summed E-state index contributed by atoms with van der Waals surface area (Å²) in [5.74, 6) is 1.59. The fraction of sp³-hybridized carbons (Fsp3) is 0.400. The van der Waals surface area contributed by atoms with Crippen LogP contribution in [0, 0.1) is 0 Å². The number of amides is 1. The highest BCUT2D eigenvalue weighted by atomic mass is 16.2. The zero-order valence-electron chi connectivity index (χ0n) is 15.9. The average molecular weight is 380 g/mol. The van der Waals surface area contributed by atoms with Crippen molar-refractivity contribution in [1.29, 1.82) is 0 Å². The SMILES string of the molecule is CO.O=C(c1nc2ccccc2[nH]1)N1CC(c2nccnc2N2CCCC2)C1. The van der Waals surface area contributed by atoms with E-state index in [4.69, 9.17) is 5.11 Å². The lowest BCUT2D eigenvalue weighted by molar-refractivity contribution is 0.0587. The maximum Gasteiger partial charge on any atom is 0.289 e. The second kappa shape index (κ2) is 7.93. The summed E-state index contributed by atoms with van der Waals surface area (Å²) >= 11 is 0. The van der Waals surface area contributed by atoms with E-state index in [1.54, 1.807) is 12.4 Å². The van der Waals surface area contributed by atoms with Crippen molar-refractivity contribution in [3.8, 4) is 0 Å². The van der Waals surface area contributed by atoms with Crippen molar-refractivity contribution >= 4 is 22.8 Å². The van der Waals surface area contributed by atoms with Crippen molar-refractivity contribution in [3.63, 3.8) is 0 Å². The molecule has 8 heteroatoms. The van der Waals surface area contributed by atoms with Crippen LogP contribution in [0.15, 0.2) is 36.7 Å². The van der Waals surface area contributed by atoms with Crippen LogP contribution in [0.25, 0.3) is 11.0 Å². The van der Waals surface area contributed by atoms with Gasteiger partial charge in [-0.1, -0.05) is 12.1 Å². The molecule has 5 rings (SSSR count). The number of imidazole rings is 1. The molecule has 1 aromatic carbocycles. The van der Waals surface area contributed by atoms with Crippen molar-refractivity contribution < 1.29 is 9.90 Å². The van der Waals surface area contributed by atoms with Crippen LogP contribution < -0.4 is 4.90 Å². The predicted molar refractivity (Wildman–Crippen MR) is 106 cm³/mol. The van der Waals surface area contributed by atoms with E-state index in [0.717, 1.165) is 42.7 Å². The van der Waals surface area contributed by atoms with E-state index in [9.17, 15) is 4.79 Å². The first-order valence-electron chi connectivity index (χ1n) is 9.54. The molecule has 3 aromatic rings. The summed E-state index contributed by atoms with van der Waals surface area (Å²) < 4.78 is 0. The van der Waals surface area contributed by atoms with Gasteiger partial charge in [0.15, 0.2) is 11.6 Å². The monoisotopic (exact) mass is 380 g/mol. The summed E-state index contributed by atoms with van der Waals surface area (Å²) in [4.78, 5) is 33.5. The Hall–Kier alpha value is -3.00. The van der Waals surface area contributed by atoms with Gasteiger partial charge in [-0.3, -0.25) is 9.78 Å². The number of H-pyrrole nitrogens is 1. The number of anilines is 1. The Kier molecular flexibility index (Phi) is 5.21. The van der Waals surface area contributed by atoms with Gasteiger partial charge in [0.05, 0.1) is 16.7 Å². The molecule has 8 nitrogen and oxygen atoms in total. The number of carbonyl (C=O) groups excluding carboxylic acids is 1. The van der Waals surface area contributed by atoms with Gasteiger partial charge in [0.2, 0.25) is 0 Å². The van der Waals surface area contributed by atoms with Crippen molar-refractivity contribution in [2.24, 2.45) is 0 Å². The Morgan fingerprint density at radius 2 is 1.82 bits per heavy atom. The van der Waals surface area contributed by atoms with E-state index in [-0.39, 0.29) is 11.8 Å². The summed E-state index contributed by atoms with van der Waals surface area (Å²) in [6.07, 6.45) is 5.92. The number of rotatable bonds is 3. The van der Waals surface area contributed by atoms with Crippen LogP contribution in [-0.4, -0.2) is 69.1 Å². The Morgan fingerprint density at radius 3 is 2.57 bits per heavy atom. The van der Waals surface area contributed by atoms with Crippen LogP contribution in [0.2, 0.25) is 0 Å². The Balaban J connectivity index is 0.000000932. The largest absolute Gasteiger partial charge is 0.400 e. The van der Waals surface area contributed by atoms with Crippen LogP contribution in [0.4, 0.5) is 5.82 Å². The first kappa shape index (κ1) is 18.4. The molecule has 2 fully saturated rings. The van der Waals surface area contributed by atoms with Gasteiger partial charge in [-0.05, 0) is 25.0 Å². The van der Waals surface area contributed by atoms with Crippen LogP contribution in [0.1, 0.15) is 35.1 Å². The Morgan fingerprint density at radius 1 is 1.11 bits per heavy atom. The number of benzene rings is 1. The number of para-hydroxylation sites is 2. The normalized spacial score (nSPS) is 16.6. The zero-order chi connectivity index (χ0) is 19.5. The minimum atomic E-state index is -0.0518. The molecule has 146 valence electrons. The molecule has 0 unspecified atom stereocenters. The van der Waals surface area contributed by atoms with E-state index >= 15 is 0 Å². The highest BCUT2D eigenvalue weighted by Gasteiger charge is 2.37. The summed E-state index contributed by atoms with van der Waals surface area (Å²) in [7, 11) is 1.00. The molecule has 0 aliphatic carbocycles. The number of hydrogen-bond acceptors (Lipinski definition) is 6. The van der Waals surface area contributed by atoms with E-state index in [0.29, 0.717) is 18.9 Å². The van der Waals surface area contributed by atoms with Crippen molar-refractivity contribution in [2.75, 3.05) is 38.2 Å². The molecule has 4 heterocycles. The number of fused-ring (bicyclic) bond motifs is 1. The van der Waals surface area contributed by atoms with Crippen molar-refractivity contribution in [1.82, 2.24) is 24.8 Å². The molecule has 2 N–H and O–H groups in total. The molecule has 0 saturated carbocycles. The van der Waals surface area contributed by atoms with Crippen molar-refractivity contribution in [3.05, 3.63) is 48.2 Å². The third-order valence-electron chi connectivity index (χ3n) is 5.26. The second-order valence-electron chi connectivity index (χ2n) is 6.97. The van der Waals surface area contributed by atoms with E-state index in [1.807, 2.05) is 29.2 Å². The summed E-state index contributed by atoms with van der Waals surface area (Å²) in [5.41, 5.74) is 2.72. The predicted octanol–water partition coefficient (Wildman–Crippen LogP) is 1.80. The molecular weight excluding hydrogens is 356 g/mol. The molecule has 1 amide bonds. The Labute approximate surface area is 163 Å². The van der Waals surface area contributed by atoms with Gasteiger partial charge in [0, 0.05) is 51.6 Å². The molecule has 0 atom stereocenters. The van der Waals surface area contributed by atoms with Crippen LogP contribution in [-0.2, 0) is 0 Å².